The van der Waals surface area contributed by atoms with Crippen LogP contribution in [-0.2, 0) is 4.74 Å². The van der Waals surface area contributed by atoms with E-state index in [2.05, 4.69) is 21.2 Å². The van der Waals surface area contributed by atoms with Crippen LogP contribution >= 0.6 is 27.5 Å². The predicted octanol–water partition coefficient (Wildman–Crippen LogP) is 4.47. The zero-order valence-electron chi connectivity index (χ0n) is 9.88. The van der Waals surface area contributed by atoms with Crippen molar-refractivity contribution in [2.75, 3.05) is 12.4 Å². The molecule has 1 aromatic rings. The van der Waals surface area contributed by atoms with Gasteiger partial charge in [0.2, 0.25) is 0 Å². The van der Waals surface area contributed by atoms with Gasteiger partial charge in [-0.15, -0.1) is 0 Å². The Morgan fingerprint density at radius 2 is 2.24 bits per heavy atom. The van der Waals surface area contributed by atoms with Gasteiger partial charge in [-0.25, -0.2) is 0 Å². The molecule has 0 saturated heterocycles. The smallest absolute Gasteiger partial charge is 0.0590 e. The second-order valence-corrected chi connectivity index (χ2v) is 5.78. The molecule has 94 valence electrons. The molecule has 0 amide bonds. The van der Waals surface area contributed by atoms with Crippen LogP contribution in [0.25, 0.3) is 0 Å². The van der Waals surface area contributed by atoms with Gasteiger partial charge in [-0.05, 0) is 59.8 Å². The minimum Gasteiger partial charge on any atom is -0.381 e. The molecule has 0 aliphatic heterocycles. The lowest BCUT2D eigenvalue weighted by molar-refractivity contribution is 0.0669. The highest BCUT2D eigenvalue weighted by Crippen LogP contribution is 2.29. The number of hydrogen-bond donors (Lipinski definition) is 1. The SMILES string of the molecule is COC1CCCC(Nc2ccc(Cl)cc2Br)C1. The number of halogens is 2. The Morgan fingerprint density at radius 3 is 2.94 bits per heavy atom. The molecule has 1 aromatic carbocycles. The van der Waals surface area contributed by atoms with Crippen molar-refractivity contribution in [1.82, 2.24) is 0 Å². The molecule has 0 bridgehead atoms. The number of nitrogens with one attached hydrogen (secondary N) is 1. The van der Waals surface area contributed by atoms with Crippen molar-refractivity contribution in [2.45, 2.75) is 37.8 Å². The highest BCUT2D eigenvalue weighted by atomic mass is 79.9. The van der Waals surface area contributed by atoms with Crippen molar-refractivity contribution in [1.29, 1.82) is 0 Å². The Balaban J connectivity index is 2.00. The third-order valence-corrected chi connectivity index (χ3v) is 4.14. The molecule has 2 nitrogen and oxygen atoms in total. The summed E-state index contributed by atoms with van der Waals surface area (Å²) in [5, 5.41) is 4.31. The molecule has 1 N–H and O–H groups in total. The fraction of sp³-hybridized carbons (Fsp3) is 0.538. The van der Waals surface area contributed by atoms with E-state index in [4.69, 9.17) is 16.3 Å². The highest BCUT2D eigenvalue weighted by Gasteiger charge is 2.21. The molecule has 1 fully saturated rings. The van der Waals surface area contributed by atoms with Gasteiger partial charge in [0.15, 0.2) is 0 Å². The van der Waals surface area contributed by atoms with Crippen LogP contribution in [0.15, 0.2) is 22.7 Å². The first-order valence-electron chi connectivity index (χ1n) is 5.93. The molecule has 1 aliphatic rings. The van der Waals surface area contributed by atoms with Gasteiger partial charge in [-0.1, -0.05) is 11.6 Å². The van der Waals surface area contributed by atoms with Gasteiger partial charge in [0.25, 0.3) is 0 Å². The van der Waals surface area contributed by atoms with Gasteiger partial charge in [0, 0.05) is 28.3 Å². The summed E-state index contributed by atoms with van der Waals surface area (Å²) >= 11 is 9.46. The Kier molecular flexibility index (Phi) is 4.71. The number of methoxy groups -OCH3 is 1. The molecular formula is C13H17BrClNO. The second kappa shape index (κ2) is 6.07. The first kappa shape index (κ1) is 13.2. The molecule has 1 aliphatic carbocycles. The normalized spacial score (nSPS) is 24.6. The molecule has 17 heavy (non-hydrogen) atoms. The quantitative estimate of drug-likeness (QED) is 0.887. The first-order chi connectivity index (χ1) is 8.19. The zero-order valence-corrected chi connectivity index (χ0v) is 12.2. The summed E-state index contributed by atoms with van der Waals surface area (Å²) in [5.74, 6) is 0. The third-order valence-electron chi connectivity index (χ3n) is 3.25. The van der Waals surface area contributed by atoms with Crippen LogP contribution in [0.5, 0.6) is 0 Å². The predicted molar refractivity (Wildman–Crippen MR) is 75.8 cm³/mol. The maximum absolute atomic E-state index is 5.93. The van der Waals surface area contributed by atoms with E-state index in [0.29, 0.717) is 12.1 Å². The Morgan fingerprint density at radius 1 is 1.41 bits per heavy atom. The summed E-state index contributed by atoms with van der Waals surface area (Å²) in [5.41, 5.74) is 1.11. The molecule has 0 spiro atoms. The Labute approximate surface area is 116 Å². The van der Waals surface area contributed by atoms with Gasteiger partial charge in [-0.3, -0.25) is 0 Å². The van der Waals surface area contributed by atoms with E-state index in [0.717, 1.165) is 21.6 Å². The first-order valence-corrected chi connectivity index (χ1v) is 7.10. The van der Waals surface area contributed by atoms with Crippen LogP contribution in [0.3, 0.4) is 0 Å². The standard InChI is InChI=1S/C13H17BrClNO/c1-17-11-4-2-3-10(8-11)16-13-6-5-9(15)7-12(13)14/h5-7,10-11,16H,2-4,8H2,1H3. The fourth-order valence-electron chi connectivity index (χ4n) is 2.32. The lowest BCUT2D eigenvalue weighted by Gasteiger charge is -2.29. The maximum atomic E-state index is 5.93. The van der Waals surface area contributed by atoms with Gasteiger partial charge >= 0.3 is 0 Å². The van der Waals surface area contributed by atoms with E-state index in [9.17, 15) is 0 Å². The molecule has 2 rings (SSSR count). The van der Waals surface area contributed by atoms with Gasteiger partial charge in [0.1, 0.15) is 0 Å². The van der Waals surface area contributed by atoms with Crippen LogP contribution in [-0.4, -0.2) is 19.3 Å². The van der Waals surface area contributed by atoms with Crippen LogP contribution in [0.2, 0.25) is 5.02 Å². The average Bonchev–Trinajstić information content (AvgIpc) is 2.33. The summed E-state index contributed by atoms with van der Waals surface area (Å²) in [6.45, 7) is 0. The second-order valence-electron chi connectivity index (χ2n) is 4.49. The zero-order chi connectivity index (χ0) is 12.3. The molecule has 1 saturated carbocycles. The molecule has 4 heteroatoms. The fourth-order valence-corrected chi connectivity index (χ4v) is 3.11. The van der Waals surface area contributed by atoms with Crippen LogP contribution in [0.1, 0.15) is 25.7 Å². The van der Waals surface area contributed by atoms with Crippen LogP contribution in [0, 0.1) is 0 Å². The summed E-state index contributed by atoms with van der Waals surface area (Å²) in [4.78, 5) is 0. The van der Waals surface area contributed by atoms with Gasteiger partial charge in [-0.2, -0.15) is 0 Å². The van der Waals surface area contributed by atoms with E-state index in [1.165, 1.54) is 19.3 Å². The van der Waals surface area contributed by atoms with Crippen molar-refractivity contribution >= 4 is 33.2 Å². The van der Waals surface area contributed by atoms with Gasteiger partial charge < -0.3 is 10.1 Å². The van der Waals surface area contributed by atoms with E-state index >= 15 is 0 Å². The highest BCUT2D eigenvalue weighted by molar-refractivity contribution is 9.10. The van der Waals surface area contributed by atoms with Crippen molar-refractivity contribution < 1.29 is 4.74 Å². The van der Waals surface area contributed by atoms with Crippen molar-refractivity contribution in [3.8, 4) is 0 Å². The average molecular weight is 319 g/mol. The summed E-state index contributed by atoms with van der Waals surface area (Å²) in [6.07, 6.45) is 5.07. The number of benzene rings is 1. The van der Waals surface area contributed by atoms with Crippen molar-refractivity contribution in [3.63, 3.8) is 0 Å². The molecule has 2 atom stereocenters. The Bertz CT molecular complexity index is 386. The van der Waals surface area contributed by atoms with Crippen molar-refractivity contribution in [3.05, 3.63) is 27.7 Å². The molecular weight excluding hydrogens is 302 g/mol. The van der Waals surface area contributed by atoms with Crippen LogP contribution < -0.4 is 5.32 Å². The summed E-state index contributed by atoms with van der Waals surface area (Å²) < 4.78 is 6.45. The molecule has 0 aromatic heterocycles. The summed E-state index contributed by atoms with van der Waals surface area (Å²) in [6, 6.07) is 6.33. The minimum absolute atomic E-state index is 0.396. The Hall–Kier alpha value is -0.250. The van der Waals surface area contributed by atoms with Crippen LogP contribution in [0.4, 0.5) is 5.69 Å². The van der Waals surface area contributed by atoms with E-state index < -0.39 is 0 Å². The molecule has 0 radical (unpaired) electrons. The lowest BCUT2D eigenvalue weighted by atomic mass is 9.92. The maximum Gasteiger partial charge on any atom is 0.0590 e. The molecule has 0 heterocycles. The van der Waals surface area contributed by atoms with E-state index in [1.54, 1.807) is 7.11 Å². The number of ether oxygens (including phenoxy) is 1. The monoisotopic (exact) mass is 317 g/mol. The number of hydrogen-bond acceptors (Lipinski definition) is 2. The van der Waals surface area contributed by atoms with E-state index in [1.807, 2.05) is 18.2 Å². The largest absolute Gasteiger partial charge is 0.381 e. The van der Waals surface area contributed by atoms with Crippen molar-refractivity contribution in [2.24, 2.45) is 0 Å². The topological polar surface area (TPSA) is 21.3 Å². The number of rotatable bonds is 3. The molecule has 2 unspecified atom stereocenters. The van der Waals surface area contributed by atoms with Gasteiger partial charge in [0.05, 0.1) is 6.10 Å². The summed E-state index contributed by atoms with van der Waals surface area (Å²) in [7, 11) is 1.80. The number of anilines is 1. The third kappa shape index (κ3) is 3.60. The lowest BCUT2D eigenvalue weighted by Crippen LogP contribution is -2.31. The van der Waals surface area contributed by atoms with E-state index in [-0.39, 0.29) is 0 Å². The minimum atomic E-state index is 0.396.